The van der Waals surface area contributed by atoms with Gasteiger partial charge in [0.2, 0.25) is 11.8 Å². The van der Waals surface area contributed by atoms with E-state index in [1.807, 2.05) is 32.9 Å². The second-order valence-electron chi connectivity index (χ2n) is 6.38. The van der Waals surface area contributed by atoms with Gasteiger partial charge in [0.1, 0.15) is 5.75 Å². The van der Waals surface area contributed by atoms with E-state index in [0.29, 0.717) is 17.9 Å². The van der Waals surface area contributed by atoms with Crippen molar-refractivity contribution >= 4 is 17.5 Å². The average molecular weight is 290 g/mol. The van der Waals surface area contributed by atoms with Crippen molar-refractivity contribution < 1.29 is 14.3 Å². The van der Waals surface area contributed by atoms with Gasteiger partial charge in [0, 0.05) is 5.54 Å². The lowest BCUT2D eigenvalue weighted by atomic mass is 10.1. The molecule has 0 saturated heterocycles. The van der Waals surface area contributed by atoms with Crippen molar-refractivity contribution in [1.82, 2.24) is 5.32 Å². The van der Waals surface area contributed by atoms with Gasteiger partial charge in [0.25, 0.3) is 0 Å². The summed E-state index contributed by atoms with van der Waals surface area (Å²) in [6, 6.07) is 7.23. The Bertz CT molecular complexity index is 549. The van der Waals surface area contributed by atoms with E-state index >= 15 is 0 Å². The zero-order valence-electron chi connectivity index (χ0n) is 12.9. The van der Waals surface area contributed by atoms with E-state index in [0.717, 1.165) is 0 Å². The van der Waals surface area contributed by atoms with Crippen LogP contribution in [0.5, 0.6) is 5.75 Å². The number of carbonyl (C=O) groups excluding carboxylic acids is 2. The molecular formula is C16H22N2O3. The minimum Gasteiger partial charge on any atom is -0.495 e. The molecule has 1 aliphatic carbocycles. The molecule has 1 aliphatic rings. The molecule has 2 unspecified atom stereocenters. The molecule has 2 atom stereocenters. The van der Waals surface area contributed by atoms with Crippen LogP contribution in [0.1, 0.15) is 27.2 Å². The number of hydrogen-bond donors (Lipinski definition) is 2. The number of benzene rings is 1. The van der Waals surface area contributed by atoms with Crippen LogP contribution in [0.2, 0.25) is 0 Å². The maximum Gasteiger partial charge on any atom is 0.228 e. The van der Waals surface area contributed by atoms with Crippen molar-refractivity contribution in [2.75, 3.05) is 12.4 Å². The summed E-state index contributed by atoms with van der Waals surface area (Å²) in [5, 5.41) is 5.74. The molecule has 1 aromatic carbocycles. The molecule has 0 bridgehead atoms. The fourth-order valence-corrected chi connectivity index (χ4v) is 2.21. The van der Waals surface area contributed by atoms with Gasteiger partial charge in [-0.15, -0.1) is 0 Å². The van der Waals surface area contributed by atoms with Crippen LogP contribution >= 0.6 is 0 Å². The molecule has 2 N–H and O–H groups in total. The maximum atomic E-state index is 12.2. The minimum absolute atomic E-state index is 0.0531. The van der Waals surface area contributed by atoms with E-state index in [-0.39, 0.29) is 29.2 Å². The zero-order valence-corrected chi connectivity index (χ0v) is 12.9. The number of anilines is 1. The van der Waals surface area contributed by atoms with E-state index in [1.165, 1.54) is 0 Å². The van der Waals surface area contributed by atoms with Crippen molar-refractivity contribution in [3.8, 4) is 5.75 Å². The second-order valence-corrected chi connectivity index (χ2v) is 6.38. The van der Waals surface area contributed by atoms with Gasteiger partial charge in [-0.2, -0.15) is 0 Å². The predicted molar refractivity (Wildman–Crippen MR) is 81.1 cm³/mol. The summed E-state index contributed by atoms with van der Waals surface area (Å²) in [5.74, 6) is -0.0466. The van der Waals surface area contributed by atoms with Gasteiger partial charge >= 0.3 is 0 Å². The van der Waals surface area contributed by atoms with Crippen molar-refractivity contribution in [1.29, 1.82) is 0 Å². The molecule has 0 spiro atoms. The summed E-state index contributed by atoms with van der Waals surface area (Å²) < 4.78 is 5.19. The Morgan fingerprint density at radius 1 is 1.14 bits per heavy atom. The topological polar surface area (TPSA) is 67.4 Å². The van der Waals surface area contributed by atoms with Gasteiger partial charge in [0.15, 0.2) is 0 Å². The SMILES string of the molecule is COc1ccccc1NC(=O)C1CC1C(=O)NC(C)(C)C. The highest BCUT2D eigenvalue weighted by atomic mass is 16.5. The Hall–Kier alpha value is -2.04. The van der Waals surface area contributed by atoms with Crippen molar-refractivity contribution in [2.24, 2.45) is 11.8 Å². The standard InChI is InChI=1S/C16H22N2O3/c1-16(2,3)18-15(20)11-9-10(11)14(19)17-12-7-5-6-8-13(12)21-4/h5-8,10-11H,9H2,1-4H3,(H,17,19)(H,18,20). The first kappa shape index (κ1) is 15.4. The average Bonchev–Trinajstić information content (AvgIpc) is 3.17. The van der Waals surface area contributed by atoms with Crippen LogP contribution in [0, 0.1) is 11.8 Å². The minimum atomic E-state index is -0.274. The lowest BCUT2D eigenvalue weighted by molar-refractivity contribution is -0.126. The molecule has 2 amide bonds. The quantitative estimate of drug-likeness (QED) is 0.893. The first-order valence-electron chi connectivity index (χ1n) is 7.08. The molecule has 1 fully saturated rings. The largest absolute Gasteiger partial charge is 0.495 e. The Morgan fingerprint density at radius 2 is 1.76 bits per heavy atom. The number of methoxy groups -OCH3 is 1. The normalized spacial score (nSPS) is 20.6. The van der Waals surface area contributed by atoms with Crippen LogP contribution in [-0.2, 0) is 9.59 Å². The summed E-state index contributed by atoms with van der Waals surface area (Å²) >= 11 is 0. The van der Waals surface area contributed by atoms with Crippen LogP contribution in [0.25, 0.3) is 0 Å². The number of ether oxygens (including phenoxy) is 1. The van der Waals surface area contributed by atoms with Crippen molar-refractivity contribution in [3.05, 3.63) is 24.3 Å². The third kappa shape index (κ3) is 3.97. The number of rotatable bonds is 4. The molecule has 21 heavy (non-hydrogen) atoms. The summed E-state index contributed by atoms with van der Waals surface area (Å²) in [6.07, 6.45) is 0.600. The van der Waals surface area contributed by atoms with Crippen LogP contribution in [0.3, 0.4) is 0 Å². The van der Waals surface area contributed by atoms with Crippen molar-refractivity contribution in [2.45, 2.75) is 32.7 Å². The Labute approximate surface area is 125 Å². The Balaban J connectivity index is 1.93. The third-order valence-electron chi connectivity index (χ3n) is 3.33. The summed E-state index contributed by atoms with van der Waals surface area (Å²) in [5.41, 5.74) is 0.357. The summed E-state index contributed by atoms with van der Waals surface area (Å²) in [7, 11) is 1.56. The van der Waals surface area contributed by atoms with Gasteiger partial charge in [-0.05, 0) is 39.3 Å². The van der Waals surface area contributed by atoms with Gasteiger partial charge in [-0.1, -0.05) is 12.1 Å². The number of nitrogens with one attached hydrogen (secondary N) is 2. The summed E-state index contributed by atoms with van der Waals surface area (Å²) in [4.78, 5) is 24.2. The number of hydrogen-bond acceptors (Lipinski definition) is 3. The molecule has 5 nitrogen and oxygen atoms in total. The lowest BCUT2D eigenvalue weighted by Gasteiger charge is -2.20. The van der Waals surface area contributed by atoms with E-state index in [1.54, 1.807) is 19.2 Å². The maximum absolute atomic E-state index is 12.2. The van der Waals surface area contributed by atoms with E-state index in [9.17, 15) is 9.59 Å². The monoisotopic (exact) mass is 290 g/mol. The Kier molecular flexibility index (Phi) is 4.21. The fourth-order valence-electron chi connectivity index (χ4n) is 2.21. The highest BCUT2D eigenvalue weighted by Gasteiger charge is 2.48. The van der Waals surface area contributed by atoms with E-state index in [4.69, 9.17) is 4.74 Å². The molecule has 114 valence electrons. The molecule has 0 aromatic heterocycles. The second kappa shape index (κ2) is 5.76. The molecule has 0 aliphatic heterocycles. The van der Waals surface area contributed by atoms with Crippen LogP contribution in [0.15, 0.2) is 24.3 Å². The number of amides is 2. The molecule has 1 saturated carbocycles. The van der Waals surface area contributed by atoms with E-state index < -0.39 is 0 Å². The predicted octanol–water partition coefficient (Wildman–Crippen LogP) is 2.18. The van der Waals surface area contributed by atoms with Crippen LogP contribution in [-0.4, -0.2) is 24.5 Å². The third-order valence-corrected chi connectivity index (χ3v) is 3.33. The molecular weight excluding hydrogens is 268 g/mol. The van der Waals surface area contributed by atoms with Crippen LogP contribution < -0.4 is 15.4 Å². The molecule has 0 heterocycles. The lowest BCUT2D eigenvalue weighted by Crippen LogP contribution is -2.42. The van der Waals surface area contributed by atoms with Crippen LogP contribution in [0.4, 0.5) is 5.69 Å². The van der Waals surface area contributed by atoms with Gasteiger partial charge in [-0.25, -0.2) is 0 Å². The first-order valence-corrected chi connectivity index (χ1v) is 7.08. The van der Waals surface area contributed by atoms with Gasteiger partial charge < -0.3 is 15.4 Å². The highest BCUT2D eigenvalue weighted by molar-refractivity contribution is 6.00. The zero-order chi connectivity index (χ0) is 15.6. The number of para-hydroxylation sites is 2. The van der Waals surface area contributed by atoms with Gasteiger partial charge in [0.05, 0.1) is 24.6 Å². The highest BCUT2D eigenvalue weighted by Crippen LogP contribution is 2.40. The smallest absolute Gasteiger partial charge is 0.228 e. The van der Waals surface area contributed by atoms with Crippen molar-refractivity contribution in [3.63, 3.8) is 0 Å². The molecule has 2 rings (SSSR count). The number of carbonyl (C=O) groups is 2. The molecule has 5 heteroatoms. The first-order chi connectivity index (χ1) is 9.81. The molecule has 1 aromatic rings. The molecule has 0 radical (unpaired) electrons. The van der Waals surface area contributed by atoms with E-state index in [2.05, 4.69) is 10.6 Å². The summed E-state index contributed by atoms with van der Waals surface area (Å²) in [6.45, 7) is 5.78. The Morgan fingerprint density at radius 3 is 2.38 bits per heavy atom. The fraction of sp³-hybridized carbons (Fsp3) is 0.500. The van der Waals surface area contributed by atoms with Gasteiger partial charge in [-0.3, -0.25) is 9.59 Å².